The number of carbonyl (C=O) groups is 1. The van der Waals surface area contributed by atoms with Gasteiger partial charge in [-0.25, -0.2) is 0 Å². The highest BCUT2D eigenvalue weighted by Crippen LogP contribution is 2.19. The van der Waals surface area contributed by atoms with Gasteiger partial charge in [-0.3, -0.25) is 4.79 Å². The van der Waals surface area contributed by atoms with Crippen molar-refractivity contribution in [2.45, 2.75) is 32.3 Å². The van der Waals surface area contributed by atoms with Gasteiger partial charge in [0.05, 0.1) is 6.10 Å². The average molecular weight is 262 g/mol. The second kappa shape index (κ2) is 6.68. The fourth-order valence-corrected chi connectivity index (χ4v) is 2.35. The molecule has 1 unspecified atom stereocenters. The SMILES string of the molecule is CCC(=O)Nc1ccc(C(O)CN2CCCC2)cc1. The highest BCUT2D eigenvalue weighted by Gasteiger charge is 2.16. The molecule has 0 bridgehead atoms. The van der Waals surface area contributed by atoms with Crippen molar-refractivity contribution >= 4 is 11.6 Å². The van der Waals surface area contributed by atoms with Gasteiger partial charge in [0.2, 0.25) is 5.91 Å². The molecule has 4 nitrogen and oxygen atoms in total. The summed E-state index contributed by atoms with van der Waals surface area (Å²) in [5.74, 6) is 0.00497. The molecule has 1 aromatic rings. The normalized spacial score (nSPS) is 17.4. The second-order valence-corrected chi connectivity index (χ2v) is 5.05. The van der Waals surface area contributed by atoms with Crippen LogP contribution < -0.4 is 5.32 Å². The molecule has 104 valence electrons. The number of aliphatic hydroxyl groups is 1. The smallest absolute Gasteiger partial charge is 0.224 e. The van der Waals surface area contributed by atoms with Crippen molar-refractivity contribution in [3.63, 3.8) is 0 Å². The zero-order chi connectivity index (χ0) is 13.7. The molecule has 0 spiro atoms. The van der Waals surface area contributed by atoms with Crippen LogP contribution in [0.4, 0.5) is 5.69 Å². The molecule has 4 heteroatoms. The molecule has 0 saturated carbocycles. The number of nitrogens with one attached hydrogen (secondary N) is 1. The third-order valence-electron chi connectivity index (χ3n) is 3.53. The van der Waals surface area contributed by atoms with E-state index in [9.17, 15) is 9.90 Å². The van der Waals surface area contributed by atoms with Crippen molar-refractivity contribution in [2.24, 2.45) is 0 Å². The molecule has 19 heavy (non-hydrogen) atoms. The molecule has 0 radical (unpaired) electrons. The summed E-state index contributed by atoms with van der Waals surface area (Å²) in [6.45, 7) is 4.69. The van der Waals surface area contributed by atoms with E-state index in [0.717, 1.165) is 24.3 Å². The van der Waals surface area contributed by atoms with Crippen LogP contribution in [0.15, 0.2) is 24.3 Å². The van der Waals surface area contributed by atoms with Gasteiger partial charge in [-0.1, -0.05) is 19.1 Å². The second-order valence-electron chi connectivity index (χ2n) is 5.05. The minimum atomic E-state index is -0.450. The number of anilines is 1. The van der Waals surface area contributed by atoms with E-state index in [4.69, 9.17) is 0 Å². The monoisotopic (exact) mass is 262 g/mol. The molecule has 2 rings (SSSR count). The van der Waals surface area contributed by atoms with Crippen LogP contribution in [0.25, 0.3) is 0 Å². The standard InChI is InChI=1S/C15H22N2O2/c1-2-15(19)16-13-7-5-12(6-8-13)14(18)11-17-9-3-4-10-17/h5-8,14,18H,2-4,9-11H2,1H3,(H,16,19). The number of carbonyl (C=O) groups excluding carboxylic acids is 1. The van der Waals surface area contributed by atoms with Gasteiger partial charge in [0, 0.05) is 18.7 Å². The van der Waals surface area contributed by atoms with Crippen LogP contribution in [0.5, 0.6) is 0 Å². The highest BCUT2D eigenvalue weighted by molar-refractivity contribution is 5.90. The van der Waals surface area contributed by atoms with E-state index in [2.05, 4.69) is 10.2 Å². The van der Waals surface area contributed by atoms with Crippen molar-refractivity contribution in [1.29, 1.82) is 0 Å². The fraction of sp³-hybridized carbons (Fsp3) is 0.533. The number of hydrogen-bond acceptors (Lipinski definition) is 3. The Labute approximate surface area is 114 Å². The van der Waals surface area contributed by atoms with Gasteiger partial charge >= 0.3 is 0 Å². The summed E-state index contributed by atoms with van der Waals surface area (Å²) in [6.07, 6.45) is 2.48. The predicted molar refractivity (Wildman–Crippen MR) is 76.0 cm³/mol. The first-order valence-electron chi connectivity index (χ1n) is 6.99. The lowest BCUT2D eigenvalue weighted by Crippen LogP contribution is -2.25. The lowest BCUT2D eigenvalue weighted by atomic mass is 10.1. The Morgan fingerprint density at radius 2 is 1.95 bits per heavy atom. The van der Waals surface area contributed by atoms with Gasteiger partial charge in [0.15, 0.2) is 0 Å². The average Bonchev–Trinajstić information content (AvgIpc) is 2.92. The molecule has 1 aromatic carbocycles. The first-order valence-corrected chi connectivity index (χ1v) is 6.99. The quantitative estimate of drug-likeness (QED) is 0.855. The van der Waals surface area contributed by atoms with Gasteiger partial charge in [-0.15, -0.1) is 0 Å². The maximum absolute atomic E-state index is 11.3. The Hall–Kier alpha value is -1.39. The van der Waals surface area contributed by atoms with E-state index in [1.165, 1.54) is 12.8 Å². The minimum absolute atomic E-state index is 0.00497. The summed E-state index contributed by atoms with van der Waals surface area (Å²) in [5.41, 5.74) is 1.69. The topological polar surface area (TPSA) is 52.6 Å². The molecule has 1 saturated heterocycles. The number of benzene rings is 1. The number of aliphatic hydroxyl groups excluding tert-OH is 1. The fourth-order valence-electron chi connectivity index (χ4n) is 2.35. The third kappa shape index (κ3) is 4.04. The lowest BCUT2D eigenvalue weighted by Gasteiger charge is -2.19. The molecule has 1 fully saturated rings. The van der Waals surface area contributed by atoms with Crippen molar-refractivity contribution < 1.29 is 9.90 Å². The van der Waals surface area contributed by atoms with Crippen LogP contribution >= 0.6 is 0 Å². The Morgan fingerprint density at radius 3 is 2.53 bits per heavy atom. The van der Waals surface area contributed by atoms with Gasteiger partial charge in [0.1, 0.15) is 0 Å². The highest BCUT2D eigenvalue weighted by atomic mass is 16.3. The maximum Gasteiger partial charge on any atom is 0.224 e. The first kappa shape index (κ1) is 14.0. The van der Waals surface area contributed by atoms with Crippen molar-refractivity contribution in [1.82, 2.24) is 4.90 Å². The summed E-state index contributed by atoms with van der Waals surface area (Å²) in [6, 6.07) is 7.45. The Morgan fingerprint density at radius 1 is 1.32 bits per heavy atom. The number of likely N-dealkylation sites (tertiary alicyclic amines) is 1. The zero-order valence-electron chi connectivity index (χ0n) is 11.4. The van der Waals surface area contributed by atoms with Gasteiger partial charge in [-0.2, -0.15) is 0 Å². The van der Waals surface area contributed by atoms with Gasteiger partial charge < -0.3 is 15.3 Å². The summed E-state index contributed by atoms with van der Waals surface area (Å²) < 4.78 is 0. The molecule has 1 heterocycles. The number of hydrogen-bond donors (Lipinski definition) is 2. The van der Waals surface area contributed by atoms with E-state index < -0.39 is 6.10 Å². The maximum atomic E-state index is 11.3. The van der Waals surface area contributed by atoms with Crippen LogP contribution in [0, 0.1) is 0 Å². The number of rotatable bonds is 5. The number of β-amino-alcohol motifs (C(OH)–C–C–N with tert-alkyl or cyclic N) is 1. The summed E-state index contributed by atoms with van der Waals surface area (Å²) in [7, 11) is 0. The molecular formula is C15H22N2O2. The third-order valence-corrected chi connectivity index (χ3v) is 3.53. The molecule has 1 aliphatic rings. The van der Waals surface area contributed by atoms with Gasteiger partial charge in [0.25, 0.3) is 0 Å². The predicted octanol–water partition coefficient (Wildman–Crippen LogP) is 2.16. The molecule has 0 aliphatic carbocycles. The molecule has 1 amide bonds. The van der Waals surface area contributed by atoms with Crippen molar-refractivity contribution in [2.75, 3.05) is 25.0 Å². The Balaban J connectivity index is 1.91. The van der Waals surface area contributed by atoms with Gasteiger partial charge in [-0.05, 0) is 43.6 Å². The molecule has 0 aromatic heterocycles. The van der Waals surface area contributed by atoms with E-state index in [1.54, 1.807) is 0 Å². The first-order chi connectivity index (χ1) is 9.19. The number of amides is 1. The summed E-state index contributed by atoms with van der Waals surface area (Å²) in [4.78, 5) is 13.6. The Kier molecular flexibility index (Phi) is 4.93. The molecule has 1 aliphatic heterocycles. The summed E-state index contributed by atoms with van der Waals surface area (Å²) >= 11 is 0. The van der Waals surface area contributed by atoms with E-state index in [0.29, 0.717) is 13.0 Å². The van der Waals surface area contributed by atoms with Crippen LogP contribution in [-0.2, 0) is 4.79 Å². The van der Waals surface area contributed by atoms with E-state index in [-0.39, 0.29) is 5.91 Å². The van der Waals surface area contributed by atoms with Crippen LogP contribution in [-0.4, -0.2) is 35.5 Å². The van der Waals surface area contributed by atoms with Crippen LogP contribution in [0.3, 0.4) is 0 Å². The van der Waals surface area contributed by atoms with Crippen molar-refractivity contribution in [3.8, 4) is 0 Å². The zero-order valence-corrected chi connectivity index (χ0v) is 11.4. The van der Waals surface area contributed by atoms with Crippen molar-refractivity contribution in [3.05, 3.63) is 29.8 Å². The van der Waals surface area contributed by atoms with E-state index >= 15 is 0 Å². The number of nitrogens with zero attached hydrogens (tertiary/aromatic N) is 1. The van der Waals surface area contributed by atoms with Crippen LogP contribution in [0.1, 0.15) is 37.9 Å². The van der Waals surface area contributed by atoms with Crippen LogP contribution in [0.2, 0.25) is 0 Å². The summed E-state index contributed by atoms with van der Waals surface area (Å²) in [5, 5.41) is 13.0. The van der Waals surface area contributed by atoms with E-state index in [1.807, 2.05) is 31.2 Å². The molecule has 2 N–H and O–H groups in total. The lowest BCUT2D eigenvalue weighted by molar-refractivity contribution is -0.115. The molecular weight excluding hydrogens is 240 g/mol. The molecule has 1 atom stereocenters. The largest absolute Gasteiger partial charge is 0.387 e. The Bertz CT molecular complexity index is 411. The minimum Gasteiger partial charge on any atom is -0.387 e.